The molecule has 142 valence electrons. The average molecular weight is 394 g/mol. The van der Waals surface area contributed by atoms with Crippen LogP contribution in [-0.2, 0) is 4.79 Å². The van der Waals surface area contributed by atoms with Crippen molar-refractivity contribution in [3.05, 3.63) is 35.9 Å². The normalized spacial score (nSPS) is 24.2. The van der Waals surface area contributed by atoms with Crippen LogP contribution in [0.5, 0.6) is 0 Å². The summed E-state index contributed by atoms with van der Waals surface area (Å²) in [6.45, 7) is 2.34. The van der Waals surface area contributed by atoms with Gasteiger partial charge < -0.3 is 4.90 Å². The molecule has 3 rings (SSSR count). The van der Waals surface area contributed by atoms with Gasteiger partial charge in [0.05, 0.1) is 5.16 Å². The van der Waals surface area contributed by atoms with E-state index in [1.807, 2.05) is 42.3 Å². The zero-order valence-electron chi connectivity index (χ0n) is 15.3. The molecule has 4 nitrogen and oxygen atoms in total. The highest BCUT2D eigenvalue weighted by Crippen LogP contribution is 2.31. The van der Waals surface area contributed by atoms with E-state index in [0.717, 1.165) is 12.0 Å². The number of hydrogen-bond donors (Lipinski definition) is 0. The predicted molar refractivity (Wildman–Crippen MR) is 111 cm³/mol. The molecule has 0 radical (unpaired) electrons. The molecular weight excluding hydrogens is 366 g/mol. The van der Waals surface area contributed by atoms with Crippen molar-refractivity contribution >= 4 is 35.7 Å². The number of amides is 1. The third-order valence-corrected chi connectivity index (χ3v) is 5.79. The summed E-state index contributed by atoms with van der Waals surface area (Å²) in [4.78, 5) is 21.9. The number of isothiocyanates is 1. The molecular formula is C20H28ClN3OS. The molecule has 0 N–H and O–H groups in total. The highest BCUT2D eigenvalue weighted by molar-refractivity contribution is 7.78. The van der Waals surface area contributed by atoms with Gasteiger partial charge in [-0.2, -0.15) is 0 Å². The molecule has 0 spiro atoms. The Bertz CT molecular complexity index is 629. The first-order chi connectivity index (χ1) is 12.2. The fourth-order valence-electron chi connectivity index (χ4n) is 4.36. The third kappa shape index (κ3) is 4.72. The Balaban J connectivity index is 0.00000243. The predicted octanol–water partition coefficient (Wildman–Crippen LogP) is 4.12. The summed E-state index contributed by atoms with van der Waals surface area (Å²) in [6.07, 6.45) is 7.28. The van der Waals surface area contributed by atoms with E-state index in [-0.39, 0.29) is 24.4 Å². The first-order valence-electron chi connectivity index (χ1n) is 9.35. The first-order valence-corrected chi connectivity index (χ1v) is 9.76. The molecule has 1 aromatic rings. The van der Waals surface area contributed by atoms with E-state index in [1.54, 1.807) is 0 Å². The van der Waals surface area contributed by atoms with Crippen molar-refractivity contribution < 1.29 is 4.79 Å². The van der Waals surface area contributed by atoms with Crippen LogP contribution in [-0.4, -0.2) is 53.1 Å². The zero-order valence-corrected chi connectivity index (χ0v) is 17.0. The van der Waals surface area contributed by atoms with Crippen molar-refractivity contribution in [2.45, 2.75) is 56.7 Å². The van der Waals surface area contributed by atoms with Crippen LogP contribution in [0.15, 0.2) is 35.3 Å². The molecule has 1 saturated heterocycles. The summed E-state index contributed by atoms with van der Waals surface area (Å²) in [5.74, 6) is 0.0275. The fraction of sp³-hybridized carbons (Fsp3) is 0.600. The van der Waals surface area contributed by atoms with E-state index in [0.29, 0.717) is 6.04 Å². The smallest absolute Gasteiger partial charge is 0.252 e. The SMILES string of the molecule is CN(C(=O)[C@H](N=C=S)c1ccccc1)[C@@H]1CCCC[C@H]1N1CCCC1.Cl. The van der Waals surface area contributed by atoms with Gasteiger partial charge in [-0.05, 0) is 56.6 Å². The van der Waals surface area contributed by atoms with Crippen molar-refractivity contribution in [1.82, 2.24) is 9.80 Å². The molecule has 1 aliphatic heterocycles. The Morgan fingerprint density at radius 3 is 2.50 bits per heavy atom. The summed E-state index contributed by atoms with van der Waals surface area (Å²) in [6, 6.07) is 9.86. The fourth-order valence-corrected chi connectivity index (χ4v) is 4.46. The number of aliphatic imine (C=N–C) groups is 1. The number of rotatable bonds is 5. The lowest BCUT2D eigenvalue weighted by Gasteiger charge is -2.43. The third-order valence-electron chi connectivity index (χ3n) is 5.68. The van der Waals surface area contributed by atoms with E-state index in [1.165, 1.54) is 45.2 Å². The van der Waals surface area contributed by atoms with Gasteiger partial charge >= 0.3 is 0 Å². The lowest BCUT2D eigenvalue weighted by atomic mass is 9.87. The van der Waals surface area contributed by atoms with Gasteiger partial charge in [-0.15, -0.1) is 12.4 Å². The number of likely N-dealkylation sites (tertiary alicyclic amines) is 1. The minimum atomic E-state index is -0.579. The lowest BCUT2D eigenvalue weighted by molar-refractivity contribution is -0.135. The van der Waals surface area contributed by atoms with Gasteiger partial charge in [0.1, 0.15) is 0 Å². The van der Waals surface area contributed by atoms with Crippen LogP contribution in [0.25, 0.3) is 0 Å². The number of halogens is 1. The van der Waals surface area contributed by atoms with Crippen LogP contribution in [0, 0.1) is 0 Å². The van der Waals surface area contributed by atoms with Crippen molar-refractivity contribution in [3.63, 3.8) is 0 Å². The first kappa shape index (κ1) is 21.0. The van der Waals surface area contributed by atoms with Gasteiger partial charge in [0.25, 0.3) is 5.91 Å². The summed E-state index contributed by atoms with van der Waals surface area (Å²) in [7, 11) is 1.94. The maximum Gasteiger partial charge on any atom is 0.252 e. The van der Waals surface area contributed by atoms with Gasteiger partial charge in [-0.3, -0.25) is 9.69 Å². The molecule has 3 atom stereocenters. The second-order valence-corrected chi connectivity index (χ2v) is 7.33. The number of carbonyl (C=O) groups excluding carboxylic acids is 1. The van der Waals surface area contributed by atoms with E-state index < -0.39 is 6.04 Å². The Kier molecular flexibility index (Phi) is 8.23. The van der Waals surface area contributed by atoms with E-state index in [2.05, 4.69) is 15.1 Å². The summed E-state index contributed by atoms with van der Waals surface area (Å²) in [5, 5.41) is 2.42. The summed E-state index contributed by atoms with van der Waals surface area (Å²) >= 11 is 4.81. The second-order valence-electron chi connectivity index (χ2n) is 7.14. The van der Waals surface area contributed by atoms with Gasteiger partial charge in [-0.25, -0.2) is 4.99 Å². The average Bonchev–Trinajstić information content (AvgIpc) is 3.20. The van der Waals surface area contributed by atoms with Crippen LogP contribution in [0.3, 0.4) is 0 Å². The molecule has 1 aromatic carbocycles. The molecule has 1 saturated carbocycles. The van der Waals surface area contributed by atoms with Crippen LogP contribution in [0.4, 0.5) is 0 Å². The summed E-state index contributed by atoms with van der Waals surface area (Å²) < 4.78 is 0. The minimum absolute atomic E-state index is 0. The molecule has 2 aliphatic rings. The van der Waals surface area contributed by atoms with Crippen LogP contribution in [0.1, 0.15) is 50.1 Å². The molecule has 0 aromatic heterocycles. The topological polar surface area (TPSA) is 35.9 Å². The quantitative estimate of drug-likeness (QED) is 0.557. The number of nitrogens with zero attached hydrogens (tertiary/aromatic N) is 3. The number of thiocarbonyl (C=S) groups is 1. The Labute approximate surface area is 168 Å². The Morgan fingerprint density at radius 1 is 1.19 bits per heavy atom. The standard InChI is InChI=1S/C20H27N3OS.ClH/c1-22(17-11-5-6-12-18(17)23-13-7-8-14-23)20(24)19(21-15-25)16-9-3-2-4-10-16;/h2-4,9-10,17-19H,5-8,11-14H2,1H3;1H/t17-,18-,19-;/m1./s1. The van der Waals surface area contributed by atoms with Gasteiger partial charge in [0, 0.05) is 19.1 Å². The van der Waals surface area contributed by atoms with Crippen LogP contribution >= 0.6 is 24.6 Å². The minimum Gasteiger partial charge on any atom is -0.339 e. The maximum atomic E-state index is 13.2. The van der Waals surface area contributed by atoms with Gasteiger partial charge in [0.15, 0.2) is 6.04 Å². The van der Waals surface area contributed by atoms with Gasteiger partial charge in [0.2, 0.25) is 0 Å². The van der Waals surface area contributed by atoms with Crippen molar-refractivity contribution in [2.75, 3.05) is 20.1 Å². The number of likely N-dealkylation sites (N-methyl/N-ethyl adjacent to an activating group) is 1. The molecule has 0 bridgehead atoms. The van der Waals surface area contributed by atoms with Crippen molar-refractivity contribution in [1.29, 1.82) is 0 Å². The highest BCUT2D eigenvalue weighted by Gasteiger charge is 2.37. The molecule has 1 heterocycles. The van der Waals surface area contributed by atoms with Crippen molar-refractivity contribution in [2.24, 2.45) is 4.99 Å². The van der Waals surface area contributed by atoms with Gasteiger partial charge in [-0.1, -0.05) is 43.2 Å². The Hall–Kier alpha value is -1.26. The number of carbonyl (C=O) groups is 1. The van der Waals surface area contributed by atoms with E-state index in [9.17, 15) is 4.79 Å². The molecule has 1 aliphatic carbocycles. The zero-order chi connectivity index (χ0) is 17.6. The van der Waals surface area contributed by atoms with Crippen LogP contribution in [0.2, 0.25) is 0 Å². The molecule has 6 heteroatoms. The summed E-state index contributed by atoms with van der Waals surface area (Å²) in [5.41, 5.74) is 0.880. The monoisotopic (exact) mass is 393 g/mol. The highest BCUT2D eigenvalue weighted by atomic mass is 35.5. The largest absolute Gasteiger partial charge is 0.339 e. The van der Waals surface area contributed by atoms with Crippen molar-refractivity contribution in [3.8, 4) is 0 Å². The number of hydrogen-bond acceptors (Lipinski definition) is 4. The molecule has 1 amide bonds. The lowest BCUT2D eigenvalue weighted by Crippen LogP contribution is -2.53. The molecule has 0 unspecified atom stereocenters. The van der Waals surface area contributed by atoms with Crippen LogP contribution < -0.4 is 0 Å². The second kappa shape index (κ2) is 10.2. The Morgan fingerprint density at radius 2 is 1.85 bits per heavy atom. The maximum absolute atomic E-state index is 13.2. The molecule has 26 heavy (non-hydrogen) atoms. The van der Waals surface area contributed by atoms with E-state index in [4.69, 9.17) is 12.2 Å². The molecule has 2 fully saturated rings. The number of benzene rings is 1. The van der Waals surface area contributed by atoms with E-state index >= 15 is 0 Å².